The standard InChI is InChI=1S/C13H13BrF2O3/c1-3-19-13(18)8-4-5-9(11(17)7(2)14)10(6-8)12(15)16/h4-7,12H,3H2,1-2H3. The predicted molar refractivity (Wildman–Crippen MR) is 70.1 cm³/mol. The lowest BCUT2D eigenvalue weighted by molar-refractivity contribution is 0.0525. The summed E-state index contributed by atoms with van der Waals surface area (Å²) in [6, 6.07) is 3.55. The molecular weight excluding hydrogens is 322 g/mol. The first-order valence-corrected chi connectivity index (χ1v) is 6.57. The lowest BCUT2D eigenvalue weighted by Crippen LogP contribution is -2.14. The van der Waals surface area contributed by atoms with Crippen molar-refractivity contribution in [3.05, 3.63) is 34.9 Å². The summed E-state index contributed by atoms with van der Waals surface area (Å²) < 4.78 is 30.7. The molecule has 6 heteroatoms. The molecule has 1 atom stereocenters. The Morgan fingerprint density at radius 2 is 2.00 bits per heavy atom. The van der Waals surface area contributed by atoms with Crippen molar-refractivity contribution in [3.63, 3.8) is 0 Å². The van der Waals surface area contributed by atoms with Gasteiger partial charge in [-0.1, -0.05) is 22.0 Å². The topological polar surface area (TPSA) is 43.4 Å². The molecule has 0 amide bonds. The van der Waals surface area contributed by atoms with Gasteiger partial charge in [0.2, 0.25) is 0 Å². The van der Waals surface area contributed by atoms with E-state index in [4.69, 9.17) is 4.74 Å². The van der Waals surface area contributed by atoms with Crippen molar-refractivity contribution >= 4 is 27.7 Å². The number of Topliss-reactive ketones (excluding diaryl/α,β-unsaturated/α-hetero) is 1. The van der Waals surface area contributed by atoms with Crippen LogP contribution in [0.25, 0.3) is 0 Å². The first-order chi connectivity index (χ1) is 8.88. The third-order valence-corrected chi connectivity index (χ3v) is 2.84. The lowest BCUT2D eigenvalue weighted by atomic mass is 9.99. The van der Waals surface area contributed by atoms with Gasteiger partial charge in [0, 0.05) is 11.1 Å². The molecule has 0 heterocycles. The highest BCUT2D eigenvalue weighted by atomic mass is 79.9. The second-order valence-corrected chi connectivity index (χ2v) is 5.18. The zero-order valence-electron chi connectivity index (χ0n) is 10.5. The number of benzene rings is 1. The van der Waals surface area contributed by atoms with Crippen LogP contribution in [0, 0.1) is 0 Å². The molecule has 0 fully saturated rings. The molecule has 1 aromatic rings. The highest BCUT2D eigenvalue weighted by Crippen LogP contribution is 2.26. The molecule has 0 aliphatic carbocycles. The van der Waals surface area contributed by atoms with Gasteiger partial charge in [0.15, 0.2) is 5.78 Å². The maximum atomic E-state index is 13.0. The third-order valence-electron chi connectivity index (χ3n) is 2.42. The van der Waals surface area contributed by atoms with E-state index in [1.807, 2.05) is 0 Å². The van der Waals surface area contributed by atoms with E-state index < -0.39 is 28.6 Å². The normalized spacial score (nSPS) is 12.3. The van der Waals surface area contributed by atoms with Crippen LogP contribution >= 0.6 is 15.9 Å². The second-order valence-electron chi connectivity index (χ2n) is 3.80. The van der Waals surface area contributed by atoms with E-state index in [9.17, 15) is 18.4 Å². The average molecular weight is 335 g/mol. The fourth-order valence-electron chi connectivity index (χ4n) is 1.52. The van der Waals surface area contributed by atoms with Gasteiger partial charge in [-0.3, -0.25) is 4.79 Å². The van der Waals surface area contributed by atoms with Crippen molar-refractivity contribution in [2.24, 2.45) is 0 Å². The van der Waals surface area contributed by atoms with Crippen molar-refractivity contribution in [2.45, 2.75) is 25.1 Å². The summed E-state index contributed by atoms with van der Waals surface area (Å²) in [4.78, 5) is 22.7. The summed E-state index contributed by atoms with van der Waals surface area (Å²) in [5.41, 5.74) is -0.537. The Morgan fingerprint density at radius 3 is 2.47 bits per heavy atom. The second kappa shape index (κ2) is 6.75. The largest absolute Gasteiger partial charge is 0.462 e. The van der Waals surface area contributed by atoms with Gasteiger partial charge in [-0.05, 0) is 26.0 Å². The summed E-state index contributed by atoms with van der Waals surface area (Å²) in [5, 5.41) is 0. The number of hydrogen-bond donors (Lipinski definition) is 0. The van der Waals surface area contributed by atoms with Crippen LogP contribution in [0.4, 0.5) is 8.78 Å². The molecule has 1 aromatic carbocycles. The minimum absolute atomic E-state index is 0.0101. The Kier molecular flexibility index (Phi) is 5.60. The van der Waals surface area contributed by atoms with Crippen LogP contribution in [-0.4, -0.2) is 23.2 Å². The van der Waals surface area contributed by atoms with Crippen LogP contribution in [0.3, 0.4) is 0 Å². The average Bonchev–Trinajstić information content (AvgIpc) is 2.37. The van der Waals surface area contributed by atoms with Gasteiger partial charge >= 0.3 is 5.97 Å². The summed E-state index contributed by atoms with van der Waals surface area (Å²) in [6.07, 6.45) is -2.83. The first kappa shape index (κ1) is 15.8. The summed E-state index contributed by atoms with van der Waals surface area (Å²) in [5.74, 6) is -1.14. The molecular formula is C13H13BrF2O3. The summed E-state index contributed by atoms with van der Waals surface area (Å²) in [6.45, 7) is 3.33. The number of rotatable bonds is 5. The smallest absolute Gasteiger partial charge is 0.338 e. The molecule has 1 rings (SSSR count). The van der Waals surface area contributed by atoms with Gasteiger partial charge in [-0.15, -0.1) is 0 Å². The number of halogens is 3. The molecule has 0 saturated carbocycles. The molecule has 1 unspecified atom stereocenters. The van der Waals surface area contributed by atoms with Gasteiger partial charge < -0.3 is 4.74 Å². The maximum absolute atomic E-state index is 13.0. The van der Waals surface area contributed by atoms with Crippen molar-refractivity contribution in [1.29, 1.82) is 0 Å². The van der Waals surface area contributed by atoms with Gasteiger partial charge in [0.1, 0.15) is 0 Å². The van der Waals surface area contributed by atoms with Gasteiger partial charge in [0.05, 0.1) is 17.0 Å². The number of hydrogen-bond acceptors (Lipinski definition) is 3. The maximum Gasteiger partial charge on any atom is 0.338 e. The Morgan fingerprint density at radius 1 is 1.37 bits per heavy atom. The van der Waals surface area contributed by atoms with E-state index in [0.29, 0.717) is 0 Å². The van der Waals surface area contributed by atoms with Crippen LogP contribution in [0.5, 0.6) is 0 Å². The fraction of sp³-hybridized carbons (Fsp3) is 0.385. The summed E-state index contributed by atoms with van der Waals surface area (Å²) in [7, 11) is 0. The molecule has 0 aromatic heterocycles. The van der Waals surface area contributed by atoms with E-state index in [2.05, 4.69) is 15.9 Å². The van der Waals surface area contributed by atoms with Crippen molar-refractivity contribution in [1.82, 2.24) is 0 Å². The van der Waals surface area contributed by atoms with Crippen molar-refractivity contribution < 1.29 is 23.1 Å². The third kappa shape index (κ3) is 3.83. The van der Waals surface area contributed by atoms with E-state index in [1.165, 1.54) is 12.1 Å². The Hall–Kier alpha value is -1.30. The first-order valence-electron chi connectivity index (χ1n) is 5.66. The molecule has 0 bridgehead atoms. The zero-order valence-corrected chi connectivity index (χ0v) is 12.0. The Labute approximate surface area is 118 Å². The minimum atomic E-state index is -2.83. The van der Waals surface area contributed by atoms with Crippen LogP contribution in [0.2, 0.25) is 0 Å². The molecule has 0 saturated heterocycles. The molecule has 0 radical (unpaired) electrons. The fourth-order valence-corrected chi connectivity index (χ4v) is 1.77. The monoisotopic (exact) mass is 334 g/mol. The van der Waals surface area contributed by atoms with Crippen molar-refractivity contribution in [3.8, 4) is 0 Å². The van der Waals surface area contributed by atoms with E-state index in [-0.39, 0.29) is 17.7 Å². The Balaban J connectivity index is 3.22. The van der Waals surface area contributed by atoms with Crippen LogP contribution in [0.15, 0.2) is 18.2 Å². The van der Waals surface area contributed by atoms with Crippen LogP contribution < -0.4 is 0 Å². The van der Waals surface area contributed by atoms with E-state index in [0.717, 1.165) is 6.07 Å². The van der Waals surface area contributed by atoms with Gasteiger partial charge in [0.25, 0.3) is 6.43 Å². The molecule has 3 nitrogen and oxygen atoms in total. The molecule has 104 valence electrons. The molecule has 0 aliphatic rings. The van der Waals surface area contributed by atoms with Crippen molar-refractivity contribution in [2.75, 3.05) is 6.61 Å². The molecule has 0 spiro atoms. The minimum Gasteiger partial charge on any atom is -0.462 e. The summed E-state index contributed by atoms with van der Waals surface area (Å²) >= 11 is 3.05. The number of carbonyl (C=O) groups excluding carboxylic acids is 2. The molecule has 0 aliphatic heterocycles. The predicted octanol–water partition coefficient (Wildman–Crippen LogP) is 3.77. The lowest BCUT2D eigenvalue weighted by Gasteiger charge is -2.11. The molecule has 0 N–H and O–H groups in total. The van der Waals surface area contributed by atoms with E-state index >= 15 is 0 Å². The SMILES string of the molecule is CCOC(=O)c1ccc(C(=O)C(C)Br)c(C(F)F)c1. The van der Waals surface area contributed by atoms with Crippen LogP contribution in [-0.2, 0) is 4.74 Å². The van der Waals surface area contributed by atoms with E-state index in [1.54, 1.807) is 13.8 Å². The zero-order chi connectivity index (χ0) is 14.6. The van der Waals surface area contributed by atoms with Crippen LogP contribution in [0.1, 0.15) is 46.6 Å². The van der Waals surface area contributed by atoms with Gasteiger partial charge in [-0.25, -0.2) is 13.6 Å². The number of alkyl halides is 3. The number of esters is 1. The highest BCUT2D eigenvalue weighted by molar-refractivity contribution is 9.10. The van der Waals surface area contributed by atoms with Gasteiger partial charge in [-0.2, -0.15) is 0 Å². The quantitative estimate of drug-likeness (QED) is 0.467. The highest BCUT2D eigenvalue weighted by Gasteiger charge is 2.23. The number of ketones is 1. The number of carbonyl (C=O) groups is 2. The Bertz CT molecular complexity index is 487. The molecule has 19 heavy (non-hydrogen) atoms. The number of ether oxygens (including phenoxy) is 1.